The Kier molecular flexibility index (Phi) is 4.75. The average Bonchev–Trinajstić information content (AvgIpc) is 2.89. The molecule has 0 spiro atoms. The van der Waals surface area contributed by atoms with Crippen LogP contribution in [0.1, 0.15) is 31.4 Å². The molecule has 1 aliphatic rings. The highest BCUT2D eigenvalue weighted by atomic mass is 32.2. The van der Waals surface area contributed by atoms with Gasteiger partial charge in [-0.3, -0.25) is 0 Å². The number of hydrogen-bond donors (Lipinski definition) is 1. The molecule has 1 fully saturated rings. The maximum Gasteiger partial charge on any atom is 0.118 e. The third kappa shape index (κ3) is 3.65. The van der Waals surface area contributed by atoms with E-state index in [2.05, 4.69) is 36.1 Å². The molecule has 2 atom stereocenters. The first-order valence-electron chi connectivity index (χ1n) is 6.28. The number of methoxy groups -OCH3 is 1. The first kappa shape index (κ1) is 12.8. The van der Waals surface area contributed by atoms with Crippen LogP contribution in [0.5, 0.6) is 5.75 Å². The maximum absolute atomic E-state index is 5.17. The van der Waals surface area contributed by atoms with Gasteiger partial charge in [0, 0.05) is 17.8 Å². The Bertz CT molecular complexity index is 333. The van der Waals surface area contributed by atoms with Crippen molar-refractivity contribution in [3.05, 3.63) is 29.8 Å². The van der Waals surface area contributed by atoms with Gasteiger partial charge in [0.15, 0.2) is 0 Å². The molecule has 94 valence electrons. The van der Waals surface area contributed by atoms with Gasteiger partial charge < -0.3 is 10.1 Å². The summed E-state index contributed by atoms with van der Waals surface area (Å²) >= 11 is 2.10. The first-order chi connectivity index (χ1) is 8.29. The summed E-state index contributed by atoms with van der Waals surface area (Å²) < 4.78 is 5.17. The fourth-order valence-electron chi connectivity index (χ4n) is 2.12. The van der Waals surface area contributed by atoms with Crippen LogP contribution in [0.4, 0.5) is 0 Å². The fraction of sp³-hybridized carbons (Fsp3) is 0.571. The maximum atomic E-state index is 5.17. The van der Waals surface area contributed by atoms with Crippen LogP contribution in [0.3, 0.4) is 0 Å². The molecule has 1 saturated heterocycles. The minimum absolute atomic E-state index is 0.419. The van der Waals surface area contributed by atoms with Crippen LogP contribution in [-0.2, 0) is 0 Å². The smallest absolute Gasteiger partial charge is 0.118 e. The Hall–Kier alpha value is -0.670. The Labute approximate surface area is 108 Å². The number of hydrogen-bond acceptors (Lipinski definition) is 3. The van der Waals surface area contributed by atoms with E-state index >= 15 is 0 Å². The van der Waals surface area contributed by atoms with Gasteiger partial charge in [0.25, 0.3) is 0 Å². The molecule has 2 nitrogen and oxygen atoms in total. The molecule has 0 radical (unpaired) electrons. The first-order valence-corrected chi connectivity index (χ1v) is 7.33. The van der Waals surface area contributed by atoms with Gasteiger partial charge in [0.05, 0.1) is 7.11 Å². The summed E-state index contributed by atoms with van der Waals surface area (Å²) in [5.74, 6) is 2.26. The molecule has 0 aromatic heterocycles. The molecule has 1 aromatic carbocycles. The van der Waals surface area contributed by atoms with Crippen LogP contribution in [0.25, 0.3) is 0 Å². The summed E-state index contributed by atoms with van der Waals surface area (Å²) in [5, 5.41) is 4.43. The van der Waals surface area contributed by atoms with Crippen LogP contribution >= 0.6 is 11.8 Å². The molecule has 17 heavy (non-hydrogen) atoms. The molecule has 2 rings (SSSR count). The van der Waals surface area contributed by atoms with Gasteiger partial charge >= 0.3 is 0 Å². The van der Waals surface area contributed by atoms with Gasteiger partial charge in [-0.05, 0) is 43.2 Å². The largest absolute Gasteiger partial charge is 0.497 e. The van der Waals surface area contributed by atoms with E-state index in [4.69, 9.17) is 4.74 Å². The van der Waals surface area contributed by atoms with E-state index in [1.54, 1.807) is 7.11 Å². The van der Waals surface area contributed by atoms with Crippen LogP contribution in [-0.4, -0.2) is 24.7 Å². The van der Waals surface area contributed by atoms with Crippen molar-refractivity contribution in [3.8, 4) is 5.75 Å². The number of rotatable bonds is 5. The van der Waals surface area contributed by atoms with E-state index in [0.717, 1.165) is 17.5 Å². The van der Waals surface area contributed by atoms with E-state index in [1.165, 1.54) is 24.2 Å². The SMILES string of the molecule is COc1ccc(C(C)NCC2CCCS2)cc1. The summed E-state index contributed by atoms with van der Waals surface area (Å²) in [5.41, 5.74) is 1.33. The standard InChI is InChI=1S/C14H21NOS/c1-11(15-10-14-4-3-9-17-14)12-5-7-13(16-2)8-6-12/h5-8,11,14-15H,3-4,9-10H2,1-2H3. The van der Waals surface area contributed by atoms with E-state index in [0.29, 0.717) is 6.04 Å². The normalized spacial score (nSPS) is 21.4. The summed E-state index contributed by atoms with van der Waals surface area (Å²) in [6.07, 6.45) is 2.75. The summed E-state index contributed by atoms with van der Waals surface area (Å²) in [6, 6.07) is 8.74. The second-order valence-corrected chi connectivity index (χ2v) is 5.95. The zero-order valence-corrected chi connectivity index (χ0v) is 11.4. The lowest BCUT2D eigenvalue weighted by atomic mass is 10.1. The highest BCUT2D eigenvalue weighted by molar-refractivity contribution is 8.00. The van der Waals surface area contributed by atoms with Gasteiger partial charge in [-0.1, -0.05) is 12.1 Å². The van der Waals surface area contributed by atoms with Crippen molar-refractivity contribution in [2.75, 3.05) is 19.4 Å². The molecule has 0 amide bonds. The lowest BCUT2D eigenvalue weighted by molar-refractivity contribution is 0.414. The van der Waals surface area contributed by atoms with Gasteiger partial charge in [-0.15, -0.1) is 0 Å². The average molecular weight is 251 g/mol. The second-order valence-electron chi connectivity index (χ2n) is 4.54. The Balaban J connectivity index is 1.83. The topological polar surface area (TPSA) is 21.3 Å². The predicted molar refractivity (Wildman–Crippen MR) is 74.9 cm³/mol. The number of nitrogens with one attached hydrogen (secondary N) is 1. The van der Waals surface area contributed by atoms with Crippen LogP contribution in [0.2, 0.25) is 0 Å². The zero-order chi connectivity index (χ0) is 12.1. The number of benzene rings is 1. The monoisotopic (exact) mass is 251 g/mol. The van der Waals surface area contributed by atoms with Gasteiger partial charge in [0.2, 0.25) is 0 Å². The van der Waals surface area contributed by atoms with Gasteiger partial charge in [-0.25, -0.2) is 0 Å². The van der Waals surface area contributed by atoms with Crippen LogP contribution in [0, 0.1) is 0 Å². The van der Waals surface area contributed by atoms with Crippen molar-refractivity contribution >= 4 is 11.8 Å². The lowest BCUT2D eigenvalue weighted by Gasteiger charge is -2.17. The molecule has 1 aliphatic heterocycles. The minimum atomic E-state index is 0.419. The van der Waals surface area contributed by atoms with Gasteiger partial charge in [-0.2, -0.15) is 11.8 Å². The van der Waals surface area contributed by atoms with Gasteiger partial charge in [0.1, 0.15) is 5.75 Å². The summed E-state index contributed by atoms with van der Waals surface area (Å²) in [6.45, 7) is 3.35. The van der Waals surface area contributed by atoms with Crippen molar-refractivity contribution in [1.29, 1.82) is 0 Å². The summed E-state index contributed by atoms with van der Waals surface area (Å²) in [4.78, 5) is 0. The van der Waals surface area contributed by atoms with Crippen molar-refractivity contribution in [2.45, 2.75) is 31.1 Å². The van der Waals surface area contributed by atoms with Crippen molar-refractivity contribution in [1.82, 2.24) is 5.32 Å². The minimum Gasteiger partial charge on any atom is -0.497 e. The van der Waals surface area contributed by atoms with E-state index in [1.807, 2.05) is 12.1 Å². The Morgan fingerprint density at radius 3 is 2.76 bits per heavy atom. The predicted octanol–water partition coefficient (Wildman–Crippen LogP) is 3.24. The van der Waals surface area contributed by atoms with Crippen molar-refractivity contribution in [2.24, 2.45) is 0 Å². The van der Waals surface area contributed by atoms with Crippen molar-refractivity contribution < 1.29 is 4.74 Å². The third-order valence-electron chi connectivity index (χ3n) is 3.29. The molecule has 3 heteroatoms. The molecule has 0 bridgehead atoms. The molecule has 1 heterocycles. The molecule has 0 saturated carbocycles. The highest BCUT2D eigenvalue weighted by Crippen LogP contribution is 2.26. The summed E-state index contributed by atoms with van der Waals surface area (Å²) in [7, 11) is 1.70. The zero-order valence-electron chi connectivity index (χ0n) is 10.6. The molecular formula is C14H21NOS. The fourth-order valence-corrected chi connectivity index (χ4v) is 3.34. The Morgan fingerprint density at radius 1 is 1.41 bits per heavy atom. The molecule has 1 aromatic rings. The molecule has 2 unspecified atom stereocenters. The van der Waals surface area contributed by atoms with Crippen LogP contribution < -0.4 is 10.1 Å². The molecular weight excluding hydrogens is 230 g/mol. The molecule has 1 N–H and O–H groups in total. The van der Waals surface area contributed by atoms with E-state index in [9.17, 15) is 0 Å². The Morgan fingerprint density at radius 2 is 2.18 bits per heavy atom. The number of ether oxygens (including phenoxy) is 1. The lowest BCUT2D eigenvalue weighted by Crippen LogP contribution is -2.26. The van der Waals surface area contributed by atoms with E-state index < -0.39 is 0 Å². The van der Waals surface area contributed by atoms with Crippen molar-refractivity contribution in [3.63, 3.8) is 0 Å². The van der Waals surface area contributed by atoms with E-state index in [-0.39, 0.29) is 0 Å². The third-order valence-corrected chi connectivity index (χ3v) is 4.69. The second kappa shape index (κ2) is 6.31. The highest BCUT2D eigenvalue weighted by Gasteiger charge is 2.16. The van der Waals surface area contributed by atoms with Crippen LogP contribution in [0.15, 0.2) is 24.3 Å². The quantitative estimate of drug-likeness (QED) is 0.868. The molecule has 0 aliphatic carbocycles. The number of thioether (sulfide) groups is 1.